The number of nitrogens with one attached hydrogen (secondary N) is 1. The van der Waals surface area contributed by atoms with Crippen LogP contribution in [-0.4, -0.2) is 100 Å². The van der Waals surface area contributed by atoms with Crippen LogP contribution in [0.25, 0.3) is 0 Å². The maximum Gasteiger partial charge on any atom is 0.305 e. The average molecular weight is 1220 g/mol. The van der Waals surface area contributed by atoms with Crippen molar-refractivity contribution in [3.63, 3.8) is 0 Å². The summed E-state index contributed by atoms with van der Waals surface area (Å²) < 4.78 is 16.7. The zero-order valence-electron chi connectivity index (χ0n) is 56.6. The Morgan fingerprint density at radius 3 is 1.14 bits per heavy atom. The second-order valence-electron chi connectivity index (χ2n) is 26.4. The first-order valence-electron chi connectivity index (χ1n) is 37.6. The molecule has 7 atom stereocenters. The van der Waals surface area contributed by atoms with E-state index in [2.05, 4.69) is 31.3 Å². The molecular formula is C75H143NO10. The number of unbranched alkanes of at least 4 members (excludes halogenated alkanes) is 51. The average Bonchev–Trinajstić information content (AvgIpc) is 3.71. The number of carbonyl (C=O) groups excluding carboxylic acids is 2. The molecule has 11 heteroatoms. The van der Waals surface area contributed by atoms with E-state index in [0.717, 1.165) is 57.8 Å². The van der Waals surface area contributed by atoms with Crippen LogP contribution in [-0.2, 0) is 23.8 Å². The van der Waals surface area contributed by atoms with Crippen molar-refractivity contribution in [2.24, 2.45) is 0 Å². The summed E-state index contributed by atoms with van der Waals surface area (Å²) in [5.41, 5.74) is 0. The van der Waals surface area contributed by atoms with Crippen LogP contribution in [0.1, 0.15) is 380 Å². The normalized spacial score (nSPS) is 18.0. The highest BCUT2D eigenvalue weighted by atomic mass is 16.7. The first-order valence-corrected chi connectivity index (χ1v) is 37.6. The van der Waals surface area contributed by atoms with Crippen LogP contribution in [0.3, 0.4) is 0 Å². The number of esters is 1. The molecule has 0 bridgehead atoms. The van der Waals surface area contributed by atoms with Gasteiger partial charge in [0.25, 0.3) is 0 Å². The third kappa shape index (κ3) is 52.9. The number of hydrogen-bond acceptors (Lipinski definition) is 10. The Hall–Kier alpha value is -1.86. The van der Waals surface area contributed by atoms with Gasteiger partial charge in [-0.05, 0) is 57.8 Å². The van der Waals surface area contributed by atoms with Crippen molar-refractivity contribution >= 4 is 11.9 Å². The lowest BCUT2D eigenvalue weighted by molar-refractivity contribution is -0.302. The summed E-state index contributed by atoms with van der Waals surface area (Å²) in [7, 11) is 0. The van der Waals surface area contributed by atoms with Gasteiger partial charge in [-0.1, -0.05) is 334 Å². The lowest BCUT2D eigenvalue weighted by Gasteiger charge is -2.40. The zero-order valence-corrected chi connectivity index (χ0v) is 56.6. The maximum absolute atomic E-state index is 13.0. The van der Waals surface area contributed by atoms with E-state index >= 15 is 0 Å². The van der Waals surface area contributed by atoms with Gasteiger partial charge < -0.3 is 45.1 Å². The fourth-order valence-electron chi connectivity index (χ4n) is 12.1. The molecule has 0 saturated carbocycles. The number of hydrogen-bond donors (Lipinski definition) is 6. The maximum atomic E-state index is 13.0. The van der Waals surface area contributed by atoms with Crippen molar-refractivity contribution < 1.29 is 49.3 Å². The lowest BCUT2D eigenvalue weighted by atomic mass is 9.99. The summed E-state index contributed by atoms with van der Waals surface area (Å²) in [4.78, 5) is 25.1. The molecule has 508 valence electrons. The first-order chi connectivity index (χ1) is 42.2. The van der Waals surface area contributed by atoms with Crippen molar-refractivity contribution in [1.29, 1.82) is 0 Å². The number of ether oxygens (including phenoxy) is 3. The fourth-order valence-corrected chi connectivity index (χ4v) is 12.1. The molecule has 6 N–H and O–H groups in total. The molecule has 0 aromatic heterocycles. The standard InChI is InChI=1S/C75H143NO10/c1-3-5-7-9-11-13-14-43-47-51-55-59-63-71(80)84-64-60-56-52-48-44-41-39-37-35-33-31-29-27-25-23-21-19-17-15-16-18-20-22-24-26-28-30-32-34-36-38-40-42-46-50-54-58-62-70(79)76-67(68(78)61-57-53-49-45-12-10-8-6-4-2)66-85-75-74(83)73(82)72(81)69(65-77)86-75/h11,13,57,61,67-69,72-75,77-78,81-83H,3-10,12,14-56,58-60,62-66H2,1-2H3,(H,76,79)/b13-11-,61-57+. The highest BCUT2D eigenvalue weighted by molar-refractivity contribution is 5.76. The molecule has 0 aromatic carbocycles. The van der Waals surface area contributed by atoms with Crippen LogP contribution in [0.15, 0.2) is 24.3 Å². The van der Waals surface area contributed by atoms with Gasteiger partial charge in [0.15, 0.2) is 6.29 Å². The molecule has 1 aliphatic heterocycles. The van der Waals surface area contributed by atoms with Crippen LogP contribution in [0.4, 0.5) is 0 Å². The molecular weight excluding hydrogens is 1070 g/mol. The molecule has 1 saturated heterocycles. The van der Waals surface area contributed by atoms with Crippen molar-refractivity contribution in [1.82, 2.24) is 5.32 Å². The van der Waals surface area contributed by atoms with Gasteiger partial charge in [0.1, 0.15) is 24.4 Å². The third-order valence-electron chi connectivity index (χ3n) is 18.1. The van der Waals surface area contributed by atoms with Crippen LogP contribution in [0.2, 0.25) is 0 Å². The van der Waals surface area contributed by atoms with E-state index in [1.807, 2.05) is 6.08 Å². The Labute approximate surface area is 531 Å². The van der Waals surface area contributed by atoms with Gasteiger partial charge in [-0.3, -0.25) is 9.59 Å². The topological polar surface area (TPSA) is 175 Å². The first kappa shape index (κ1) is 82.2. The van der Waals surface area contributed by atoms with Gasteiger partial charge in [-0.25, -0.2) is 0 Å². The van der Waals surface area contributed by atoms with E-state index < -0.39 is 49.5 Å². The minimum absolute atomic E-state index is 0.00752. The zero-order chi connectivity index (χ0) is 62.3. The highest BCUT2D eigenvalue weighted by Gasteiger charge is 2.44. The Morgan fingerprint density at radius 1 is 0.419 bits per heavy atom. The van der Waals surface area contributed by atoms with E-state index in [1.165, 1.54) is 295 Å². The van der Waals surface area contributed by atoms with E-state index in [9.17, 15) is 35.1 Å². The number of allylic oxidation sites excluding steroid dienone is 3. The summed E-state index contributed by atoms with van der Waals surface area (Å²) in [5, 5.41) is 54.3. The second kappa shape index (κ2) is 64.7. The van der Waals surface area contributed by atoms with Gasteiger partial charge in [0.2, 0.25) is 5.91 Å². The molecule has 0 aliphatic carbocycles. The monoisotopic (exact) mass is 1220 g/mol. The number of carbonyl (C=O) groups is 2. The summed E-state index contributed by atoms with van der Waals surface area (Å²) in [6.07, 6.45) is 72.2. The predicted molar refractivity (Wildman–Crippen MR) is 361 cm³/mol. The summed E-state index contributed by atoms with van der Waals surface area (Å²) in [6.45, 7) is 4.33. The van der Waals surface area contributed by atoms with Gasteiger partial charge in [-0.15, -0.1) is 0 Å². The van der Waals surface area contributed by atoms with Crippen molar-refractivity contribution in [2.45, 2.75) is 423 Å². The van der Waals surface area contributed by atoms with Gasteiger partial charge in [-0.2, -0.15) is 0 Å². The SMILES string of the molecule is CCCCC/C=C\CCCCCCCC(=O)OCCCCCCCCCCCCCCCCCCCCCCCCCCCCCCCCCCCCCCCC(=O)NC(COC1OC(CO)C(O)C(O)C1O)C(O)/C=C/CCCCCCCCC. The Morgan fingerprint density at radius 2 is 0.744 bits per heavy atom. The van der Waals surface area contributed by atoms with Crippen molar-refractivity contribution in [2.75, 3.05) is 19.8 Å². The Balaban J connectivity index is 1.85. The smallest absolute Gasteiger partial charge is 0.305 e. The number of rotatable bonds is 67. The van der Waals surface area contributed by atoms with Gasteiger partial charge >= 0.3 is 5.97 Å². The van der Waals surface area contributed by atoms with Crippen LogP contribution in [0.5, 0.6) is 0 Å². The number of amides is 1. The van der Waals surface area contributed by atoms with E-state index in [4.69, 9.17) is 14.2 Å². The molecule has 86 heavy (non-hydrogen) atoms. The van der Waals surface area contributed by atoms with E-state index in [0.29, 0.717) is 19.4 Å². The molecule has 7 unspecified atom stereocenters. The largest absolute Gasteiger partial charge is 0.466 e. The molecule has 1 amide bonds. The van der Waals surface area contributed by atoms with Crippen LogP contribution in [0, 0.1) is 0 Å². The molecule has 0 aromatic rings. The summed E-state index contributed by atoms with van der Waals surface area (Å²) in [6, 6.07) is -0.803. The molecule has 1 rings (SSSR count). The molecule has 1 heterocycles. The molecule has 1 aliphatic rings. The highest BCUT2D eigenvalue weighted by Crippen LogP contribution is 2.24. The van der Waals surface area contributed by atoms with Crippen LogP contribution >= 0.6 is 0 Å². The Bertz CT molecular complexity index is 1480. The second-order valence-corrected chi connectivity index (χ2v) is 26.4. The molecule has 11 nitrogen and oxygen atoms in total. The third-order valence-corrected chi connectivity index (χ3v) is 18.1. The van der Waals surface area contributed by atoms with Crippen molar-refractivity contribution in [3.8, 4) is 0 Å². The molecule has 0 spiro atoms. The van der Waals surface area contributed by atoms with Gasteiger partial charge in [0, 0.05) is 12.8 Å². The van der Waals surface area contributed by atoms with Crippen molar-refractivity contribution in [3.05, 3.63) is 24.3 Å². The lowest BCUT2D eigenvalue weighted by Crippen LogP contribution is -2.60. The molecule has 0 radical (unpaired) electrons. The van der Waals surface area contributed by atoms with E-state index in [-0.39, 0.29) is 18.5 Å². The fraction of sp³-hybridized carbons (Fsp3) is 0.920. The Kier molecular flexibility index (Phi) is 61.8. The number of aliphatic hydroxyl groups is 5. The minimum atomic E-state index is -1.57. The number of aliphatic hydroxyl groups excluding tert-OH is 5. The van der Waals surface area contributed by atoms with Crippen LogP contribution < -0.4 is 5.32 Å². The quantitative estimate of drug-likeness (QED) is 0.0195. The summed E-state index contributed by atoms with van der Waals surface area (Å²) >= 11 is 0. The predicted octanol–water partition coefficient (Wildman–Crippen LogP) is 19.6. The molecule has 1 fully saturated rings. The van der Waals surface area contributed by atoms with Gasteiger partial charge in [0.05, 0.1) is 32.0 Å². The minimum Gasteiger partial charge on any atom is -0.466 e. The van der Waals surface area contributed by atoms with E-state index in [1.54, 1.807) is 6.08 Å². The summed E-state index contributed by atoms with van der Waals surface area (Å²) in [5.74, 6) is -0.169.